The van der Waals surface area contributed by atoms with Crippen molar-refractivity contribution in [3.05, 3.63) is 65.5 Å². The van der Waals surface area contributed by atoms with E-state index in [1.807, 2.05) is 30.3 Å². The van der Waals surface area contributed by atoms with Gasteiger partial charge >= 0.3 is 0 Å². The molecule has 2 aromatic carbocycles. The van der Waals surface area contributed by atoms with Crippen LogP contribution < -0.4 is 5.32 Å². The molecule has 1 N–H and O–H groups in total. The van der Waals surface area contributed by atoms with E-state index in [2.05, 4.69) is 60.4 Å². The minimum Gasteiger partial charge on any atom is -0.369 e. The van der Waals surface area contributed by atoms with Crippen molar-refractivity contribution in [3.8, 4) is 12.3 Å². The monoisotopic (exact) mass is 387 g/mol. The second kappa shape index (κ2) is 10.0. The molecule has 0 fully saturated rings. The first-order valence-electron chi connectivity index (χ1n) is 9.93. The number of hydrogen-bond acceptors (Lipinski definition) is 5. The molecule has 29 heavy (non-hydrogen) atoms. The van der Waals surface area contributed by atoms with E-state index in [0.29, 0.717) is 6.54 Å². The predicted octanol–water partition coefficient (Wildman–Crippen LogP) is 3.61. The van der Waals surface area contributed by atoms with Crippen molar-refractivity contribution in [1.29, 1.82) is 0 Å². The van der Waals surface area contributed by atoms with Gasteiger partial charge < -0.3 is 10.2 Å². The highest BCUT2D eigenvalue weighted by molar-refractivity contribution is 5.88. The SMILES string of the molecule is C#Cc1ccc(CN(C)Cc2nc(NCCCN(C)C)c3ccccc3n2)cc1. The molecule has 0 bridgehead atoms. The third-order valence-electron chi connectivity index (χ3n) is 4.71. The van der Waals surface area contributed by atoms with Gasteiger partial charge in [-0.3, -0.25) is 4.90 Å². The number of para-hydroxylation sites is 1. The summed E-state index contributed by atoms with van der Waals surface area (Å²) in [4.78, 5) is 14.0. The summed E-state index contributed by atoms with van der Waals surface area (Å²) in [6.45, 7) is 3.42. The van der Waals surface area contributed by atoms with Gasteiger partial charge in [-0.05, 0) is 63.9 Å². The molecule has 0 aliphatic rings. The number of nitrogens with one attached hydrogen (secondary N) is 1. The smallest absolute Gasteiger partial charge is 0.145 e. The Labute approximate surface area is 173 Å². The number of rotatable bonds is 9. The highest BCUT2D eigenvalue weighted by Gasteiger charge is 2.10. The number of aromatic nitrogens is 2. The molecule has 0 aliphatic carbocycles. The summed E-state index contributed by atoms with van der Waals surface area (Å²) >= 11 is 0. The highest BCUT2D eigenvalue weighted by Crippen LogP contribution is 2.21. The van der Waals surface area contributed by atoms with Crippen LogP contribution in [-0.4, -0.2) is 54.0 Å². The van der Waals surface area contributed by atoms with Crippen LogP contribution in [0.2, 0.25) is 0 Å². The van der Waals surface area contributed by atoms with E-state index in [0.717, 1.165) is 54.2 Å². The fourth-order valence-electron chi connectivity index (χ4n) is 3.25. The van der Waals surface area contributed by atoms with Crippen molar-refractivity contribution in [1.82, 2.24) is 19.8 Å². The Bertz CT molecular complexity index is 973. The molecular formula is C24H29N5. The van der Waals surface area contributed by atoms with Crippen molar-refractivity contribution in [2.24, 2.45) is 0 Å². The van der Waals surface area contributed by atoms with Crippen molar-refractivity contribution in [2.45, 2.75) is 19.5 Å². The van der Waals surface area contributed by atoms with Crippen molar-refractivity contribution >= 4 is 16.7 Å². The summed E-state index contributed by atoms with van der Waals surface area (Å²) in [5.74, 6) is 4.39. The van der Waals surface area contributed by atoms with Gasteiger partial charge in [0.1, 0.15) is 11.6 Å². The second-order valence-electron chi connectivity index (χ2n) is 7.60. The van der Waals surface area contributed by atoms with Crippen LogP contribution in [0, 0.1) is 12.3 Å². The quantitative estimate of drug-likeness (QED) is 0.449. The van der Waals surface area contributed by atoms with Crippen molar-refractivity contribution in [2.75, 3.05) is 39.5 Å². The molecule has 0 radical (unpaired) electrons. The number of terminal acetylenes is 1. The summed E-state index contributed by atoms with van der Waals surface area (Å²) < 4.78 is 0. The van der Waals surface area contributed by atoms with Crippen LogP contribution in [0.1, 0.15) is 23.4 Å². The number of fused-ring (bicyclic) bond motifs is 1. The van der Waals surface area contributed by atoms with E-state index in [9.17, 15) is 0 Å². The average molecular weight is 388 g/mol. The molecule has 0 aliphatic heterocycles. The molecule has 3 rings (SSSR count). The number of nitrogens with zero attached hydrogens (tertiary/aromatic N) is 4. The fourth-order valence-corrected chi connectivity index (χ4v) is 3.25. The van der Waals surface area contributed by atoms with Crippen molar-refractivity contribution in [3.63, 3.8) is 0 Å². The Kier molecular flexibility index (Phi) is 7.18. The van der Waals surface area contributed by atoms with E-state index < -0.39 is 0 Å². The molecule has 0 saturated heterocycles. The summed E-state index contributed by atoms with van der Waals surface area (Å²) in [5.41, 5.74) is 3.09. The molecule has 0 atom stereocenters. The molecular weight excluding hydrogens is 358 g/mol. The Morgan fingerprint density at radius 2 is 1.72 bits per heavy atom. The molecule has 5 heteroatoms. The maximum absolute atomic E-state index is 5.44. The van der Waals surface area contributed by atoms with Gasteiger partial charge in [-0.15, -0.1) is 6.42 Å². The topological polar surface area (TPSA) is 44.3 Å². The van der Waals surface area contributed by atoms with Crippen LogP contribution in [0.25, 0.3) is 10.9 Å². The summed E-state index contributed by atoms with van der Waals surface area (Å²) in [6.07, 6.45) is 6.50. The van der Waals surface area contributed by atoms with Crippen LogP contribution in [0.4, 0.5) is 5.82 Å². The molecule has 5 nitrogen and oxygen atoms in total. The van der Waals surface area contributed by atoms with E-state index in [4.69, 9.17) is 16.4 Å². The van der Waals surface area contributed by atoms with Crippen LogP contribution in [0.5, 0.6) is 0 Å². The van der Waals surface area contributed by atoms with Gasteiger partial charge in [0.25, 0.3) is 0 Å². The number of hydrogen-bond donors (Lipinski definition) is 1. The zero-order valence-corrected chi connectivity index (χ0v) is 17.5. The lowest BCUT2D eigenvalue weighted by atomic mass is 10.1. The van der Waals surface area contributed by atoms with Gasteiger partial charge in [-0.1, -0.05) is 30.2 Å². The van der Waals surface area contributed by atoms with Gasteiger partial charge in [-0.2, -0.15) is 0 Å². The second-order valence-corrected chi connectivity index (χ2v) is 7.60. The number of anilines is 1. The van der Waals surface area contributed by atoms with Crippen molar-refractivity contribution < 1.29 is 0 Å². The molecule has 0 unspecified atom stereocenters. The lowest BCUT2D eigenvalue weighted by molar-refractivity contribution is 0.311. The zero-order valence-electron chi connectivity index (χ0n) is 17.5. The molecule has 0 amide bonds. The molecule has 0 saturated carbocycles. The van der Waals surface area contributed by atoms with Gasteiger partial charge in [-0.25, -0.2) is 9.97 Å². The van der Waals surface area contributed by atoms with Crippen LogP contribution >= 0.6 is 0 Å². The third-order valence-corrected chi connectivity index (χ3v) is 4.71. The molecule has 3 aromatic rings. The molecule has 1 heterocycles. The Morgan fingerprint density at radius 3 is 2.45 bits per heavy atom. The Hall–Kier alpha value is -2.94. The van der Waals surface area contributed by atoms with Crippen LogP contribution in [0.3, 0.4) is 0 Å². The summed E-state index contributed by atoms with van der Waals surface area (Å²) in [7, 11) is 6.26. The van der Waals surface area contributed by atoms with Gasteiger partial charge in [0.2, 0.25) is 0 Å². The standard InChI is InChI=1S/C24H29N5/c1-5-19-11-13-20(14-12-19)17-29(4)18-23-26-22-10-7-6-9-21(22)24(27-23)25-15-8-16-28(2)3/h1,6-7,9-14H,8,15-18H2,2-4H3,(H,25,26,27). The minimum absolute atomic E-state index is 0.675. The van der Waals surface area contributed by atoms with E-state index in [1.54, 1.807) is 0 Å². The van der Waals surface area contributed by atoms with E-state index in [-0.39, 0.29) is 0 Å². The predicted molar refractivity (Wildman–Crippen MR) is 121 cm³/mol. The Morgan fingerprint density at radius 1 is 0.966 bits per heavy atom. The van der Waals surface area contributed by atoms with Crippen LogP contribution in [0.15, 0.2) is 48.5 Å². The maximum Gasteiger partial charge on any atom is 0.145 e. The molecule has 0 spiro atoms. The highest BCUT2D eigenvalue weighted by atomic mass is 15.1. The zero-order chi connectivity index (χ0) is 20.6. The molecule has 1 aromatic heterocycles. The lowest BCUT2D eigenvalue weighted by Gasteiger charge is -2.17. The van der Waals surface area contributed by atoms with E-state index >= 15 is 0 Å². The first kappa shape index (κ1) is 20.8. The van der Waals surface area contributed by atoms with Crippen LogP contribution in [-0.2, 0) is 13.1 Å². The average Bonchev–Trinajstić information content (AvgIpc) is 2.71. The number of benzene rings is 2. The largest absolute Gasteiger partial charge is 0.369 e. The molecule has 150 valence electrons. The first-order valence-corrected chi connectivity index (χ1v) is 9.93. The third kappa shape index (κ3) is 6.02. The van der Waals surface area contributed by atoms with Gasteiger partial charge in [0.15, 0.2) is 0 Å². The van der Waals surface area contributed by atoms with Gasteiger partial charge in [0.05, 0.1) is 12.1 Å². The summed E-state index contributed by atoms with van der Waals surface area (Å²) in [5, 5.41) is 4.57. The Balaban J connectivity index is 1.71. The lowest BCUT2D eigenvalue weighted by Crippen LogP contribution is -2.20. The fraction of sp³-hybridized carbons (Fsp3) is 0.333. The normalized spacial score (nSPS) is 11.2. The van der Waals surface area contributed by atoms with Gasteiger partial charge in [0, 0.05) is 24.0 Å². The minimum atomic E-state index is 0.675. The van der Waals surface area contributed by atoms with E-state index in [1.165, 1.54) is 5.56 Å². The maximum atomic E-state index is 5.44. The first-order chi connectivity index (χ1) is 14.0. The summed E-state index contributed by atoms with van der Waals surface area (Å²) in [6, 6.07) is 16.3.